The maximum atomic E-state index is 12.5. The molecule has 1 heterocycles. The number of hydrazone groups is 1. The van der Waals surface area contributed by atoms with Crippen molar-refractivity contribution in [3.8, 4) is 40.1 Å². The van der Waals surface area contributed by atoms with Gasteiger partial charge in [-0.15, -0.1) is 10.2 Å². The average Bonchev–Trinajstić information content (AvgIpc) is 3.37. The molecule has 1 aromatic heterocycles. The van der Waals surface area contributed by atoms with Crippen LogP contribution in [0.3, 0.4) is 0 Å². The summed E-state index contributed by atoms with van der Waals surface area (Å²) in [7, 11) is 4.67. The molecule has 0 saturated heterocycles. The molecule has 37 heavy (non-hydrogen) atoms. The van der Waals surface area contributed by atoms with E-state index in [-0.39, 0.29) is 17.4 Å². The van der Waals surface area contributed by atoms with Gasteiger partial charge in [-0.25, -0.2) is 5.43 Å². The Hall–Kier alpha value is -4.51. The Morgan fingerprint density at radius 1 is 0.973 bits per heavy atom. The van der Waals surface area contributed by atoms with E-state index < -0.39 is 0 Å². The van der Waals surface area contributed by atoms with Crippen molar-refractivity contribution in [2.75, 3.05) is 27.1 Å². The fourth-order valence-electron chi connectivity index (χ4n) is 3.40. The summed E-state index contributed by atoms with van der Waals surface area (Å²) >= 11 is 1.22. The van der Waals surface area contributed by atoms with Crippen molar-refractivity contribution in [1.82, 2.24) is 20.2 Å². The van der Waals surface area contributed by atoms with E-state index in [1.807, 2.05) is 53.1 Å². The van der Waals surface area contributed by atoms with Gasteiger partial charge in [-0.2, -0.15) is 5.10 Å². The number of para-hydroxylation sites is 1. The lowest BCUT2D eigenvalue weighted by Gasteiger charge is -2.11. The quantitative estimate of drug-likeness (QED) is 0.184. The smallest absolute Gasteiger partial charge is 0.250 e. The molecule has 1 amide bonds. The second-order valence-electron chi connectivity index (χ2n) is 7.55. The number of thioether (sulfide) groups is 1. The molecule has 11 heteroatoms. The number of carbonyl (C=O) groups is 1. The first-order chi connectivity index (χ1) is 18.0. The van der Waals surface area contributed by atoms with Crippen molar-refractivity contribution < 1.29 is 24.1 Å². The molecular formula is C26H25N5O5S. The molecule has 0 aliphatic heterocycles. The normalized spacial score (nSPS) is 10.9. The molecule has 0 aliphatic carbocycles. The van der Waals surface area contributed by atoms with Gasteiger partial charge in [0.05, 0.1) is 33.3 Å². The van der Waals surface area contributed by atoms with Gasteiger partial charge < -0.3 is 19.3 Å². The number of nitrogens with zero attached hydrogens (tertiary/aromatic N) is 4. The molecule has 0 bridgehead atoms. The number of aromatic hydroxyl groups is 1. The van der Waals surface area contributed by atoms with Gasteiger partial charge in [0, 0.05) is 16.8 Å². The van der Waals surface area contributed by atoms with Crippen LogP contribution in [0.4, 0.5) is 0 Å². The molecule has 2 N–H and O–H groups in total. The van der Waals surface area contributed by atoms with Crippen molar-refractivity contribution in [3.05, 3.63) is 72.3 Å². The minimum atomic E-state index is -0.348. The summed E-state index contributed by atoms with van der Waals surface area (Å²) in [6.45, 7) is 0. The predicted molar refractivity (Wildman–Crippen MR) is 141 cm³/mol. The maximum Gasteiger partial charge on any atom is 0.250 e. The first-order valence-electron chi connectivity index (χ1n) is 11.1. The molecule has 0 radical (unpaired) electrons. The summed E-state index contributed by atoms with van der Waals surface area (Å²) in [5, 5.41) is 23.3. The van der Waals surface area contributed by atoms with Crippen molar-refractivity contribution in [1.29, 1.82) is 0 Å². The van der Waals surface area contributed by atoms with Crippen LogP contribution in [0.5, 0.6) is 23.0 Å². The minimum absolute atomic E-state index is 0.0400. The molecule has 0 saturated carbocycles. The summed E-state index contributed by atoms with van der Waals surface area (Å²) in [5.74, 6) is 2.01. The molecule has 4 rings (SSSR count). The Kier molecular flexibility index (Phi) is 8.26. The number of carbonyl (C=O) groups excluding carboxylic acids is 1. The zero-order valence-corrected chi connectivity index (χ0v) is 21.2. The fraction of sp³-hybridized carbons (Fsp3) is 0.154. The van der Waals surface area contributed by atoms with Gasteiger partial charge in [0.15, 0.2) is 22.5 Å². The first-order valence-corrected chi connectivity index (χ1v) is 12.1. The third-order valence-corrected chi connectivity index (χ3v) is 6.22. The van der Waals surface area contributed by atoms with E-state index in [1.54, 1.807) is 32.4 Å². The lowest BCUT2D eigenvalue weighted by Crippen LogP contribution is -2.20. The summed E-state index contributed by atoms with van der Waals surface area (Å²) in [5.41, 5.74) is 4.52. The molecule has 0 atom stereocenters. The van der Waals surface area contributed by atoms with E-state index in [9.17, 15) is 9.90 Å². The Morgan fingerprint density at radius 2 is 1.65 bits per heavy atom. The molecule has 4 aromatic rings. The van der Waals surface area contributed by atoms with Crippen molar-refractivity contribution >= 4 is 23.9 Å². The van der Waals surface area contributed by atoms with Crippen LogP contribution in [0.25, 0.3) is 17.1 Å². The highest BCUT2D eigenvalue weighted by molar-refractivity contribution is 7.99. The first kappa shape index (κ1) is 25.6. The van der Waals surface area contributed by atoms with Crippen LogP contribution in [0.15, 0.2) is 77.0 Å². The standard InChI is InChI=1S/C26H25N5O5S/c1-34-20-11-7-17(8-12-20)25-29-30-26(31(25)19-9-13-21(35-2)14-10-19)37-16-23(32)28-27-15-18-5-4-6-22(36-3)24(18)33/h4-15,33H,16H2,1-3H3,(H,28,32)/b27-15+. The summed E-state index contributed by atoms with van der Waals surface area (Å²) in [4.78, 5) is 12.5. The zero-order valence-electron chi connectivity index (χ0n) is 20.4. The van der Waals surface area contributed by atoms with Gasteiger partial charge in [-0.3, -0.25) is 9.36 Å². The molecule has 190 valence electrons. The van der Waals surface area contributed by atoms with Crippen molar-refractivity contribution in [2.24, 2.45) is 5.10 Å². The molecule has 0 unspecified atom stereocenters. The molecule has 10 nitrogen and oxygen atoms in total. The average molecular weight is 520 g/mol. The highest BCUT2D eigenvalue weighted by Gasteiger charge is 2.18. The predicted octanol–water partition coefficient (Wildman–Crippen LogP) is 3.91. The van der Waals surface area contributed by atoms with E-state index in [0.29, 0.717) is 22.3 Å². The van der Waals surface area contributed by atoms with Gasteiger partial charge in [-0.05, 0) is 60.7 Å². The second kappa shape index (κ2) is 12.0. The van der Waals surface area contributed by atoms with Gasteiger partial charge in [0.1, 0.15) is 11.5 Å². The number of phenolic OH excluding ortho intramolecular Hbond substituents is 1. The van der Waals surface area contributed by atoms with E-state index >= 15 is 0 Å². The van der Waals surface area contributed by atoms with E-state index in [4.69, 9.17) is 14.2 Å². The lowest BCUT2D eigenvalue weighted by molar-refractivity contribution is -0.118. The summed E-state index contributed by atoms with van der Waals surface area (Å²) in [6, 6.07) is 20.0. The molecular weight excluding hydrogens is 494 g/mol. The molecule has 0 spiro atoms. The molecule has 3 aromatic carbocycles. The number of rotatable bonds is 10. The van der Waals surface area contributed by atoms with Gasteiger partial charge in [-0.1, -0.05) is 17.8 Å². The van der Waals surface area contributed by atoms with Crippen LogP contribution in [0, 0.1) is 0 Å². The summed E-state index contributed by atoms with van der Waals surface area (Å²) < 4.78 is 17.5. The Balaban J connectivity index is 1.52. The number of aromatic nitrogens is 3. The van der Waals surface area contributed by atoms with Crippen LogP contribution < -0.4 is 19.6 Å². The summed E-state index contributed by atoms with van der Waals surface area (Å²) in [6.07, 6.45) is 1.35. The van der Waals surface area contributed by atoms with Crippen LogP contribution >= 0.6 is 11.8 Å². The van der Waals surface area contributed by atoms with Gasteiger partial charge >= 0.3 is 0 Å². The van der Waals surface area contributed by atoms with Crippen molar-refractivity contribution in [2.45, 2.75) is 5.16 Å². The number of hydrogen-bond donors (Lipinski definition) is 2. The number of benzene rings is 3. The van der Waals surface area contributed by atoms with E-state index in [2.05, 4.69) is 20.7 Å². The number of amides is 1. The maximum absolute atomic E-state index is 12.5. The van der Waals surface area contributed by atoms with Crippen LogP contribution in [0.1, 0.15) is 5.56 Å². The number of nitrogens with one attached hydrogen (secondary N) is 1. The fourth-order valence-corrected chi connectivity index (χ4v) is 4.14. The topological polar surface area (TPSA) is 120 Å². The van der Waals surface area contributed by atoms with Gasteiger partial charge in [0.25, 0.3) is 5.91 Å². The zero-order chi connectivity index (χ0) is 26.2. The monoisotopic (exact) mass is 519 g/mol. The number of hydrogen-bond acceptors (Lipinski definition) is 9. The van der Waals surface area contributed by atoms with Crippen LogP contribution in [-0.2, 0) is 4.79 Å². The number of phenols is 1. The molecule has 0 fully saturated rings. The minimum Gasteiger partial charge on any atom is -0.504 e. The van der Waals surface area contributed by atoms with Crippen LogP contribution in [0.2, 0.25) is 0 Å². The highest BCUT2D eigenvalue weighted by Crippen LogP contribution is 2.30. The van der Waals surface area contributed by atoms with Crippen molar-refractivity contribution in [3.63, 3.8) is 0 Å². The second-order valence-corrected chi connectivity index (χ2v) is 8.49. The van der Waals surface area contributed by atoms with Gasteiger partial charge in [0.2, 0.25) is 0 Å². The lowest BCUT2D eigenvalue weighted by atomic mass is 10.2. The number of ether oxygens (including phenoxy) is 3. The SMILES string of the molecule is COc1ccc(-c2nnc(SCC(=O)N/N=C/c3cccc(OC)c3O)n2-c2ccc(OC)cc2)cc1. The van der Waals surface area contributed by atoms with E-state index in [1.165, 1.54) is 25.1 Å². The highest BCUT2D eigenvalue weighted by atomic mass is 32.2. The third-order valence-electron chi connectivity index (χ3n) is 5.29. The third kappa shape index (κ3) is 6.01. The Bertz CT molecular complexity index is 1390. The van der Waals surface area contributed by atoms with Crippen LogP contribution in [-0.4, -0.2) is 59.1 Å². The largest absolute Gasteiger partial charge is 0.504 e. The molecule has 0 aliphatic rings. The number of methoxy groups -OCH3 is 3. The Labute approximate surface area is 217 Å². The van der Waals surface area contributed by atoms with E-state index in [0.717, 1.165) is 22.7 Å². The Morgan fingerprint density at radius 3 is 2.30 bits per heavy atom.